The maximum atomic E-state index is 9.89. The number of ether oxygens (including phenoxy) is 1. The Morgan fingerprint density at radius 2 is 2.15 bits per heavy atom. The molecular formula is C13H21N5O2. The van der Waals surface area contributed by atoms with Crippen molar-refractivity contribution in [2.75, 3.05) is 18.5 Å². The van der Waals surface area contributed by atoms with Crippen molar-refractivity contribution in [3.63, 3.8) is 0 Å². The Labute approximate surface area is 118 Å². The minimum absolute atomic E-state index is 0.266. The van der Waals surface area contributed by atoms with Crippen molar-refractivity contribution in [2.45, 2.75) is 39.5 Å². The molecule has 20 heavy (non-hydrogen) atoms. The van der Waals surface area contributed by atoms with E-state index in [4.69, 9.17) is 4.74 Å². The number of rotatable bonds is 7. The third-order valence-electron chi connectivity index (χ3n) is 2.75. The molecule has 0 aliphatic rings. The first kappa shape index (κ1) is 14.7. The van der Waals surface area contributed by atoms with Gasteiger partial charge in [0.15, 0.2) is 11.5 Å². The predicted molar refractivity (Wildman–Crippen MR) is 76.6 cm³/mol. The van der Waals surface area contributed by atoms with Crippen LogP contribution in [0.4, 0.5) is 5.82 Å². The number of imidazole rings is 1. The van der Waals surface area contributed by atoms with E-state index in [2.05, 4.69) is 20.3 Å². The van der Waals surface area contributed by atoms with Crippen LogP contribution in [0.25, 0.3) is 11.2 Å². The van der Waals surface area contributed by atoms with E-state index in [9.17, 15) is 5.11 Å². The van der Waals surface area contributed by atoms with E-state index in [0.717, 1.165) is 0 Å². The fourth-order valence-electron chi connectivity index (χ4n) is 1.93. The van der Waals surface area contributed by atoms with Crippen LogP contribution in [0.5, 0.6) is 0 Å². The van der Waals surface area contributed by atoms with Gasteiger partial charge in [0.05, 0.1) is 25.6 Å². The third-order valence-corrected chi connectivity index (χ3v) is 2.75. The highest BCUT2D eigenvalue weighted by atomic mass is 16.5. The van der Waals surface area contributed by atoms with Crippen LogP contribution in [-0.4, -0.2) is 50.0 Å². The SMILES string of the molecule is CCOC[C@@H](O)Cn1cnc2c(NC(C)C)ncnc21. The molecule has 7 nitrogen and oxygen atoms in total. The van der Waals surface area contributed by atoms with Gasteiger partial charge >= 0.3 is 0 Å². The lowest BCUT2D eigenvalue weighted by Gasteiger charge is -2.12. The molecule has 2 heterocycles. The molecule has 1 atom stereocenters. The lowest BCUT2D eigenvalue weighted by atomic mass is 10.3. The number of aliphatic hydroxyl groups is 1. The van der Waals surface area contributed by atoms with Crippen LogP contribution in [-0.2, 0) is 11.3 Å². The summed E-state index contributed by atoms with van der Waals surface area (Å²) in [4.78, 5) is 12.8. The number of hydrogen-bond donors (Lipinski definition) is 2. The van der Waals surface area contributed by atoms with Crippen molar-refractivity contribution >= 4 is 17.0 Å². The summed E-state index contributed by atoms with van der Waals surface area (Å²) >= 11 is 0. The van der Waals surface area contributed by atoms with Crippen molar-refractivity contribution in [3.05, 3.63) is 12.7 Å². The van der Waals surface area contributed by atoms with E-state index in [1.165, 1.54) is 6.33 Å². The molecule has 2 aromatic rings. The minimum Gasteiger partial charge on any atom is -0.389 e. The van der Waals surface area contributed by atoms with Crippen molar-refractivity contribution in [1.82, 2.24) is 19.5 Å². The molecule has 0 unspecified atom stereocenters. The quantitative estimate of drug-likeness (QED) is 0.788. The highest BCUT2D eigenvalue weighted by Gasteiger charge is 2.13. The van der Waals surface area contributed by atoms with Crippen LogP contribution in [0.3, 0.4) is 0 Å². The summed E-state index contributed by atoms with van der Waals surface area (Å²) in [6, 6.07) is 0.266. The van der Waals surface area contributed by atoms with Crippen molar-refractivity contribution in [3.8, 4) is 0 Å². The fraction of sp³-hybridized carbons (Fsp3) is 0.615. The zero-order chi connectivity index (χ0) is 14.5. The molecule has 0 spiro atoms. The van der Waals surface area contributed by atoms with Crippen molar-refractivity contribution in [2.24, 2.45) is 0 Å². The smallest absolute Gasteiger partial charge is 0.165 e. The second kappa shape index (κ2) is 6.62. The Morgan fingerprint density at radius 1 is 1.35 bits per heavy atom. The Hall–Kier alpha value is -1.73. The van der Waals surface area contributed by atoms with Gasteiger partial charge in [-0.2, -0.15) is 0 Å². The molecule has 0 saturated carbocycles. The van der Waals surface area contributed by atoms with Crippen LogP contribution in [0.1, 0.15) is 20.8 Å². The number of aromatic nitrogens is 4. The summed E-state index contributed by atoms with van der Waals surface area (Å²) in [6.07, 6.45) is 2.59. The average molecular weight is 279 g/mol. The van der Waals surface area contributed by atoms with Crippen LogP contribution >= 0.6 is 0 Å². The molecule has 0 fully saturated rings. The molecule has 7 heteroatoms. The van der Waals surface area contributed by atoms with Crippen molar-refractivity contribution in [1.29, 1.82) is 0 Å². The number of nitrogens with zero attached hydrogens (tertiary/aromatic N) is 4. The maximum Gasteiger partial charge on any atom is 0.165 e. The largest absolute Gasteiger partial charge is 0.389 e. The van der Waals surface area contributed by atoms with Crippen LogP contribution < -0.4 is 5.32 Å². The highest BCUT2D eigenvalue weighted by Crippen LogP contribution is 2.18. The number of aliphatic hydroxyl groups excluding tert-OH is 1. The zero-order valence-electron chi connectivity index (χ0n) is 12.1. The molecule has 2 aromatic heterocycles. The van der Waals surface area contributed by atoms with E-state index >= 15 is 0 Å². The summed E-state index contributed by atoms with van der Waals surface area (Å²) < 4.78 is 7.02. The van der Waals surface area contributed by atoms with Gasteiger partial charge in [0, 0.05) is 12.6 Å². The standard InChI is InChI=1S/C13H21N5O2/c1-4-20-6-10(19)5-18-8-16-11-12(17-9(2)3)14-7-15-13(11)18/h7-10,19H,4-6H2,1-3H3,(H,14,15,17)/t10-/m0/s1. The van der Waals surface area contributed by atoms with E-state index in [1.54, 1.807) is 6.33 Å². The molecule has 2 rings (SSSR count). The van der Waals surface area contributed by atoms with Gasteiger partial charge in [-0.25, -0.2) is 15.0 Å². The molecule has 110 valence electrons. The molecular weight excluding hydrogens is 258 g/mol. The lowest BCUT2D eigenvalue weighted by Crippen LogP contribution is -2.21. The Bertz CT molecular complexity index is 555. The Balaban J connectivity index is 2.19. The monoisotopic (exact) mass is 279 g/mol. The van der Waals surface area contributed by atoms with Gasteiger partial charge in [-0.1, -0.05) is 0 Å². The van der Waals surface area contributed by atoms with E-state index < -0.39 is 6.10 Å². The van der Waals surface area contributed by atoms with Gasteiger partial charge in [0.1, 0.15) is 11.8 Å². The molecule has 0 saturated heterocycles. The summed E-state index contributed by atoms with van der Waals surface area (Å²) in [5.41, 5.74) is 1.42. The van der Waals surface area contributed by atoms with E-state index in [0.29, 0.717) is 36.7 Å². The van der Waals surface area contributed by atoms with Gasteiger partial charge < -0.3 is 19.7 Å². The van der Waals surface area contributed by atoms with E-state index in [1.807, 2.05) is 25.3 Å². The Kier molecular flexibility index (Phi) is 4.86. The number of fused-ring (bicyclic) bond motifs is 1. The maximum absolute atomic E-state index is 9.89. The first-order valence-corrected chi connectivity index (χ1v) is 6.80. The second-order valence-corrected chi connectivity index (χ2v) is 4.90. The van der Waals surface area contributed by atoms with Gasteiger partial charge in [-0.05, 0) is 20.8 Å². The minimum atomic E-state index is -0.580. The Morgan fingerprint density at radius 3 is 2.85 bits per heavy atom. The molecule has 2 N–H and O–H groups in total. The normalized spacial score (nSPS) is 13.1. The molecule has 0 radical (unpaired) electrons. The average Bonchev–Trinajstić information content (AvgIpc) is 2.80. The molecule has 0 bridgehead atoms. The van der Waals surface area contributed by atoms with Gasteiger partial charge in [0.25, 0.3) is 0 Å². The first-order valence-electron chi connectivity index (χ1n) is 6.80. The number of anilines is 1. The van der Waals surface area contributed by atoms with Crippen LogP contribution in [0.2, 0.25) is 0 Å². The molecule has 0 aliphatic heterocycles. The summed E-state index contributed by atoms with van der Waals surface area (Å²) in [5.74, 6) is 0.711. The molecule has 0 aliphatic carbocycles. The second-order valence-electron chi connectivity index (χ2n) is 4.90. The van der Waals surface area contributed by atoms with Gasteiger partial charge in [-0.3, -0.25) is 0 Å². The van der Waals surface area contributed by atoms with E-state index in [-0.39, 0.29) is 6.04 Å². The summed E-state index contributed by atoms with van der Waals surface area (Å²) in [7, 11) is 0. The summed E-state index contributed by atoms with van der Waals surface area (Å²) in [5, 5.41) is 13.1. The lowest BCUT2D eigenvalue weighted by molar-refractivity contribution is 0.0340. The number of nitrogens with one attached hydrogen (secondary N) is 1. The summed E-state index contributed by atoms with van der Waals surface area (Å²) in [6.45, 7) is 7.27. The predicted octanol–water partition coefficient (Wildman–Crippen LogP) is 1.04. The molecule has 0 aromatic carbocycles. The zero-order valence-corrected chi connectivity index (χ0v) is 12.1. The van der Waals surface area contributed by atoms with Crippen molar-refractivity contribution < 1.29 is 9.84 Å². The topological polar surface area (TPSA) is 85.1 Å². The van der Waals surface area contributed by atoms with Crippen LogP contribution in [0, 0.1) is 0 Å². The van der Waals surface area contributed by atoms with Gasteiger partial charge in [0.2, 0.25) is 0 Å². The molecule has 0 amide bonds. The number of hydrogen-bond acceptors (Lipinski definition) is 6. The fourth-order valence-corrected chi connectivity index (χ4v) is 1.93. The highest BCUT2D eigenvalue weighted by molar-refractivity contribution is 5.82. The first-order chi connectivity index (χ1) is 9.61. The van der Waals surface area contributed by atoms with Gasteiger partial charge in [-0.15, -0.1) is 0 Å². The third kappa shape index (κ3) is 3.43. The van der Waals surface area contributed by atoms with Crippen LogP contribution in [0.15, 0.2) is 12.7 Å².